The van der Waals surface area contributed by atoms with Crippen LogP contribution >= 0.6 is 0 Å². The summed E-state index contributed by atoms with van der Waals surface area (Å²) in [7, 11) is 3.91. The average molecular weight is 298 g/mol. The minimum absolute atomic E-state index is 0.165. The first-order valence-electron chi connectivity index (χ1n) is 7.31. The molecule has 0 spiro atoms. The fourth-order valence-electron chi connectivity index (χ4n) is 2.32. The van der Waals surface area contributed by atoms with Crippen molar-refractivity contribution in [3.05, 3.63) is 71.8 Å². The molecule has 0 fully saturated rings. The number of amides is 1. The van der Waals surface area contributed by atoms with Gasteiger partial charge >= 0.3 is 0 Å². The van der Waals surface area contributed by atoms with E-state index in [0.717, 1.165) is 5.56 Å². The number of carbonyl (C=O) groups excluding carboxylic acids is 1. The van der Waals surface area contributed by atoms with Crippen LogP contribution in [0.2, 0.25) is 0 Å². The molecule has 0 radical (unpaired) electrons. The van der Waals surface area contributed by atoms with Crippen LogP contribution in [0.15, 0.2) is 60.7 Å². The fraction of sp³-hybridized carbons (Fsp3) is 0.278. The third-order valence-electron chi connectivity index (χ3n) is 3.43. The molecule has 4 heteroatoms. The van der Waals surface area contributed by atoms with Gasteiger partial charge in [0.2, 0.25) is 0 Å². The van der Waals surface area contributed by atoms with Gasteiger partial charge in [-0.05, 0) is 25.2 Å². The molecule has 0 saturated heterocycles. The molecule has 0 aromatic heterocycles. The van der Waals surface area contributed by atoms with Crippen LogP contribution in [0, 0.1) is 0 Å². The predicted molar refractivity (Wildman–Crippen MR) is 87.3 cm³/mol. The van der Waals surface area contributed by atoms with Gasteiger partial charge in [-0.2, -0.15) is 0 Å². The van der Waals surface area contributed by atoms with Crippen molar-refractivity contribution in [3.63, 3.8) is 0 Å². The van der Waals surface area contributed by atoms with Gasteiger partial charge in [0.15, 0.2) is 6.10 Å². The highest BCUT2D eigenvalue weighted by Gasteiger charge is 2.21. The summed E-state index contributed by atoms with van der Waals surface area (Å²) in [6.45, 7) is 0.664. The normalized spacial score (nSPS) is 13.6. The quantitative estimate of drug-likeness (QED) is 0.859. The van der Waals surface area contributed by atoms with Gasteiger partial charge in [0.05, 0.1) is 6.04 Å². The van der Waals surface area contributed by atoms with Gasteiger partial charge in [0, 0.05) is 6.54 Å². The maximum atomic E-state index is 12.3. The molecule has 1 amide bonds. The SMILES string of the molecule is CN(C)CC(NC(=O)C(O)c1ccccc1)c1ccccc1. The second-order valence-corrected chi connectivity index (χ2v) is 5.55. The molecule has 0 aliphatic carbocycles. The second kappa shape index (κ2) is 7.73. The van der Waals surface area contributed by atoms with E-state index in [0.29, 0.717) is 12.1 Å². The Labute approximate surface area is 131 Å². The topological polar surface area (TPSA) is 52.6 Å². The van der Waals surface area contributed by atoms with Crippen LogP contribution in [-0.4, -0.2) is 36.6 Å². The van der Waals surface area contributed by atoms with E-state index in [2.05, 4.69) is 5.32 Å². The number of hydrogen-bond donors (Lipinski definition) is 2. The van der Waals surface area contributed by atoms with Crippen LogP contribution in [0.3, 0.4) is 0 Å². The summed E-state index contributed by atoms with van der Waals surface area (Å²) in [5.41, 5.74) is 1.61. The molecule has 0 heterocycles. The molecular weight excluding hydrogens is 276 g/mol. The van der Waals surface area contributed by atoms with E-state index in [-0.39, 0.29) is 11.9 Å². The molecule has 2 aromatic carbocycles. The fourth-order valence-corrected chi connectivity index (χ4v) is 2.32. The maximum absolute atomic E-state index is 12.3. The minimum atomic E-state index is -1.16. The van der Waals surface area contributed by atoms with Crippen LogP contribution in [0.1, 0.15) is 23.3 Å². The lowest BCUT2D eigenvalue weighted by molar-refractivity contribution is -0.130. The number of hydrogen-bond acceptors (Lipinski definition) is 3. The number of carbonyl (C=O) groups is 1. The number of nitrogens with one attached hydrogen (secondary N) is 1. The van der Waals surface area contributed by atoms with Gasteiger partial charge in [-0.3, -0.25) is 4.79 Å². The van der Waals surface area contributed by atoms with Crippen molar-refractivity contribution >= 4 is 5.91 Å². The molecule has 0 aliphatic heterocycles. The number of rotatable bonds is 6. The first kappa shape index (κ1) is 16.2. The van der Waals surface area contributed by atoms with Crippen molar-refractivity contribution in [2.75, 3.05) is 20.6 Å². The summed E-state index contributed by atoms with van der Waals surface area (Å²) in [6.07, 6.45) is -1.16. The van der Waals surface area contributed by atoms with Gasteiger partial charge in [-0.1, -0.05) is 60.7 Å². The first-order chi connectivity index (χ1) is 10.6. The van der Waals surface area contributed by atoms with E-state index in [9.17, 15) is 9.90 Å². The van der Waals surface area contributed by atoms with Crippen LogP contribution in [-0.2, 0) is 4.79 Å². The number of likely N-dealkylation sites (N-methyl/N-ethyl adjacent to an activating group) is 1. The van der Waals surface area contributed by atoms with Crippen molar-refractivity contribution in [3.8, 4) is 0 Å². The number of aliphatic hydroxyl groups is 1. The van der Waals surface area contributed by atoms with E-state index in [1.807, 2.05) is 55.4 Å². The van der Waals surface area contributed by atoms with Crippen LogP contribution in [0.4, 0.5) is 0 Å². The Balaban J connectivity index is 2.11. The summed E-state index contributed by atoms with van der Waals surface area (Å²) in [5.74, 6) is -0.387. The Kier molecular flexibility index (Phi) is 5.69. The first-order valence-corrected chi connectivity index (χ1v) is 7.31. The van der Waals surface area contributed by atoms with Gasteiger partial charge in [-0.15, -0.1) is 0 Å². The molecule has 22 heavy (non-hydrogen) atoms. The molecule has 0 bridgehead atoms. The van der Waals surface area contributed by atoms with Crippen LogP contribution in [0.5, 0.6) is 0 Å². The average Bonchev–Trinajstić information content (AvgIpc) is 2.54. The number of nitrogens with zero attached hydrogens (tertiary/aromatic N) is 1. The van der Waals surface area contributed by atoms with Crippen LogP contribution in [0.25, 0.3) is 0 Å². The number of aliphatic hydroxyl groups excluding tert-OH is 1. The highest BCUT2D eigenvalue weighted by molar-refractivity contribution is 5.82. The Morgan fingerprint density at radius 2 is 1.50 bits per heavy atom. The Hall–Kier alpha value is -2.17. The number of benzene rings is 2. The highest BCUT2D eigenvalue weighted by Crippen LogP contribution is 2.17. The smallest absolute Gasteiger partial charge is 0.254 e. The summed E-state index contributed by atoms with van der Waals surface area (Å²) in [5, 5.41) is 13.1. The van der Waals surface area contributed by atoms with E-state index in [1.54, 1.807) is 24.3 Å². The van der Waals surface area contributed by atoms with Crippen molar-refractivity contribution in [2.24, 2.45) is 0 Å². The lowest BCUT2D eigenvalue weighted by Gasteiger charge is -2.24. The predicted octanol–water partition coefficient (Wildman–Crippen LogP) is 2.14. The zero-order valence-corrected chi connectivity index (χ0v) is 12.9. The summed E-state index contributed by atoms with van der Waals surface area (Å²) in [6, 6.07) is 18.6. The van der Waals surface area contributed by atoms with Gasteiger partial charge in [0.1, 0.15) is 0 Å². The monoisotopic (exact) mass is 298 g/mol. The molecule has 2 unspecified atom stereocenters. The molecule has 2 rings (SSSR count). The highest BCUT2D eigenvalue weighted by atomic mass is 16.3. The van der Waals surface area contributed by atoms with E-state index < -0.39 is 6.10 Å². The largest absolute Gasteiger partial charge is 0.378 e. The zero-order chi connectivity index (χ0) is 15.9. The molecule has 2 atom stereocenters. The van der Waals surface area contributed by atoms with E-state index in [1.165, 1.54) is 0 Å². The molecule has 116 valence electrons. The van der Waals surface area contributed by atoms with Gasteiger partial charge in [-0.25, -0.2) is 0 Å². The van der Waals surface area contributed by atoms with E-state index in [4.69, 9.17) is 0 Å². The summed E-state index contributed by atoms with van der Waals surface area (Å²) >= 11 is 0. The van der Waals surface area contributed by atoms with E-state index >= 15 is 0 Å². The molecule has 2 N–H and O–H groups in total. The Morgan fingerprint density at radius 1 is 1.00 bits per heavy atom. The molecule has 0 aliphatic rings. The lowest BCUT2D eigenvalue weighted by atomic mass is 10.0. The zero-order valence-electron chi connectivity index (χ0n) is 12.9. The third-order valence-corrected chi connectivity index (χ3v) is 3.43. The Morgan fingerprint density at radius 3 is 2.00 bits per heavy atom. The van der Waals surface area contributed by atoms with Crippen molar-refractivity contribution in [1.29, 1.82) is 0 Å². The maximum Gasteiger partial charge on any atom is 0.254 e. The van der Waals surface area contributed by atoms with Gasteiger partial charge < -0.3 is 15.3 Å². The lowest BCUT2D eigenvalue weighted by Crippen LogP contribution is -2.37. The van der Waals surface area contributed by atoms with Crippen LogP contribution < -0.4 is 5.32 Å². The minimum Gasteiger partial charge on any atom is -0.378 e. The second-order valence-electron chi connectivity index (χ2n) is 5.55. The van der Waals surface area contributed by atoms with Crippen molar-refractivity contribution < 1.29 is 9.90 Å². The third kappa shape index (κ3) is 4.41. The van der Waals surface area contributed by atoms with Gasteiger partial charge in [0.25, 0.3) is 5.91 Å². The molecular formula is C18H22N2O2. The summed E-state index contributed by atoms with van der Waals surface area (Å²) < 4.78 is 0. The van der Waals surface area contributed by atoms with Crippen molar-refractivity contribution in [2.45, 2.75) is 12.1 Å². The summed E-state index contributed by atoms with van der Waals surface area (Å²) in [4.78, 5) is 14.3. The van der Waals surface area contributed by atoms with Crippen molar-refractivity contribution in [1.82, 2.24) is 10.2 Å². The Bertz CT molecular complexity index is 585. The molecule has 2 aromatic rings. The molecule has 0 saturated carbocycles. The standard InChI is InChI=1S/C18H22N2O2/c1-20(2)13-16(14-9-5-3-6-10-14)19-18(22)17(21)15-11-7-4-8-12-15/h3-12,16-17,21H,13H2,1-2H3,(H,19,22). The molecule has 4 nitrogen and oxygen atoms in total.